The number of rotatable bonds is 1. The third-order valence-corrected chi connectivity index (χ3v) is 2.92. The van der Waals surface area contributed by atoms with Crippen LogP contribution in [0, 0.1) is 0 Å². The van der Waals surface area contributed by atoms with Gasteiger partial charge in [-0.15, -0.1) is 0 Å². The molecule has 84 valence electrons. The Morgan fingerprint density at radius 2 is 1.35 bits per heavy atom. The average molecular weight is 225 g/mol. The minimum Gasteiger partial charge on any atom is -0.416 e. The Hall–Kier alpha value is -2.29. The number of hydrogen-bond acceptors (Lipinski definition) is 2. The average Bonchev–Trinajstić information content (AvgIpc) is 2.40. The molecule has 3 nitrogen and oxygen atoms in total. The minimum atomic E-state index is 0.0458. The molecule has 0 atom stereocenters. The molecule has 0 spiro atoms. The Bertz CT molecular complexity index is 699. The molecule has 1 aromatic heterocycles. The molecule has 17 heavy (non-hydrogen) atoms. The van der Waals surface area contributed by atoms with Crippen LogP contribution in [0.25, 0.3) is 21.8 Å². The van der Waals surface area contributed by atoms with Crippen molar-refractivity contribution < 1.29 is 4.84 Å². The van der Waals surface area contributed by atoms with E-state index in [2.05, 4.69) is 0 Å². The molecule has 0 saturated carbocycles. The Morgan fingerprint density at radius 3 is 1.82 bits per heavy atom. The summed E-state index contributed by atoms with van der Waals surface area (Å²) in [6.45, 7) is 0. The lowest BCUT2D eigenvalue weighted by Gasteiger charge is -2.12. The molecule has 0 fully saturated rings. The zero-order valence-corrected chi connectivity index (χ0v) is 9.38. The van der Waals surface area contributed by atoms with Gasteiger partial charge in [0.2, 0.25) is 0 Å². The number of para-hydroxylation sites is 2. The van der Waals surface area contributed by atoms with Gasteiger partial charge >= 0.3 is 0 Å². The van der Waals surface area contributed by atoms with E-state index in [4.69, 9.17) is 4.84 Å². The minimum absolute atomic E-state index is 0.0458. The van der Waals surface area contributed by atoms with E-state index in [1.54, 1.807) is 11.8 Å². The van der Waals surface area contributed by atoms with Crippen LogP contribution in [-0.4, -0.2) is 11.8 Å². The predicted molar refractivity (Wildman–Crippen MR) is 68.2 cm³/mol. The first kappa shape index (κ1) is 9.90. The Labute approximate surface area is 97.8 Å². The zero-order valence-electron chi connectivity index (χ0n) is 9.38. The fraction of sp³-hybridized carbons (Fsp3) is 0.0714. The van der Waals surface area contributed by atoms with Crippen LogP contribution < -0.4 is 10.3 Å². The van der Waals surface area contributed by atoms with Gasteiger partial charge in [-0.1, -0.05) is 24.3 Å². The lowest BCUT2D eigenvalue weighted by molar-refractivity contribution is 0.189. The summed E-state index contributed by atoms with van der Waals surface area (Å²) in [5.74, 6) is 0. The Kier molecular flexibility index (Phi) is 2.11. The van der Waals surface area contributed by atoms with Gasteiger partial charge in [0, 0.05) is 10.8 Å². The topological polar surface area (TPSA) is 31.2 Å². The first-order chi connectivity index (χ1) is 8.33. The van der Waals surface area contributed by atoms with Gasteiger partial charge in [-0.2, -0.15) is 4.73 Å². The van der Waals surface area contributed by atoms with Crippen molar-refractivity contribution in [2.24, 2.45) is 0 Å². The van der Waals surface area contributed by atoms with Gasteiger partial charge in [-0.25, -0.2) is 0 Å². The van der Waals surface area contributed by atoms with Gasteiger partial charge < -0.3 is 4.84 Å². The quantitative estimate of drug-likeness (QED) is 0.594. The SMILES string of the molecule is COn1c2ccccc2c(=O)c2ccccc21. The molecule has 0 amide bonds. The third-order valence-electron chi connectivity index (χ3n) is 2.92. The van der Waals surface area contributed by atoms with Crippen molar-refractivity contribution in [1.29, 1.82) is 0 Å². The highest BCUT2D eigenvalue weighted by molar-refractivity contribution is 5.92. The molecule has 3 aromatic rings. The summed E-state index contributed by atoms with van der Waals surface area (Å²) in [4.78, 5) is 17.7. The van der Waals surface area contributed by atoms with Crippen LogP contribution in [0.15, 0.2) is 53.3 Å². The van der Waals surface area contributed by atoms with Crippen LogP contribution in [0.5, 0.6) is 0 Å². The molecule has 0 N–H and O–H groups in total. The first-order valence-corrected chi connectivity index (χ1v) is 5.40. The number of pyridine rings is 1. The first-order valence-electron chi connectivity index (χ1n) is 5.40. The second-order valence-electron chi connectivity index (χ2n) is 3.84. The van der Waals surface area contributed by atoms with Crippen molar-refractivity contribution in [2.45, 2.75) is 0 Å². The summed E-state index contributed by atoms with van der Waals surface area (Å²) in [6, 6.07) is 14.9. The summed E-state index contributed by atoms with van der Waals surface area (Å²) in [6.07, 6.45) is 0. The highest BCUT2D eigenvalue weighted by atomic mass is 16.6. The number of aromatic nitrogens is 1. The summed E-state index contributed by atoms with van der Waals surface area (Å²) >= 11 is 0. The molecule has 2 aromatic carbocycles. The van der Waals surface area contributed by atoms with E-state index < -0.39 is 0 Å². The highest BCUT2D eigenvalue weighted by Crippen LogP contribution is 2.17. The molecule has 0 radical (unpaired) electrons. The van der Waals surface area contributed by atoms with Crippen LogP contribution in [0.2, 0.25) is 0 Å². The summed E-state index contributed by atoms with van der Waals surface area (Å²) in [5.41, 5.74) is 1.63. The largest absolute Gasteiger partial charge is 0.416 e. The van der Waals surface area contributed by atoms with Crippen molar-refractivity contribution >= 4 is 21.8 Å². The standard InChI is InChI=1S/C14H11NO2/c1-17-15-12-8-4-2-6-10(12)14(16)11-7-3-5-9-13(11)15/h2-9H,1H3. The summed E-state index contributed by atoms with van der Waals surface area (Å²) < 4.78 is 1.69. The van der Waals surface area contributed by atoms with Gasteiger partial charge in [0.1, 0.15) is 7.11 Å². The molecular weight excluding hydrogens is 214 g/mol. The van der Waals surface area contributed by atoms with Crippen LogP contribution in [-0.2, 0) is 0 Å². The van der Waals surface area contributed by atoms with Crippen molar-refractivity contribution in [1.82, 2.24) is 4.73 Å². The molecule has 0 unspecified atom stereocenters. The smallest absolute Gasteiger partial charge is 0.197 e. The molecular formula is C14H11NO2. The van der Waals surface area contributed by atoms with E-state index in [0.29, 0.717) is 10.8 Å². The Balaban J connectivity index is 2.68. The second-order valence-corrected chi connectivity index (χ2v) is 3.84. The van der Waals surface area contributed by atoms with E-state index in [1.165, 1.54) is 0 Å². The summed E-state index contributed by atoms with van der Waals surface area (Å²) in [5, 5.41) is 1.35. The van der Waals surface area contributed by atoms with Crippen LogP contribution >= 0.6 is 0 Å². The lowest BCUT2D eigenvalue weighted by atomic mass is 10.1. The van der Waals surface area contributed by atoms with Gasteiger partial charge in [0.25, 0.3) is 0 Å². The molecule has 3 rings (SSSR count). The molecule has 0 aliphatic heterocycles. The van der Waals surface area contributed by atoms with E-state index in [-0.39, 0.29) is 5.43 Å². The van der Waals surface area contributed by atoms with Crippen LogP contribution in [0.1, 0.15) is 0 Å². The monoisotopic (exact) mass is 225 g/mol. The van der Waals surface area contributed by atoms with Gasteiger partial charge in [0.15, 0.2) is 5.43 Å². The number of nitrogens with zero attached hydrogens (tertiary/aromatic N) is 1. The maximum atomic E-state index is 12.3. The number of hydrogen-bond donors (Lipinski definition) is 0. The normalized spacial score (nSPS) is 10.9. The van der Waals surface area contributed by atoms with Gasteiger partial charge in [0.05, 0.1) is 11.0 Å². The fourth-order valence-corrected chi connectivity index (χ4v) is 2.16. The van der Waals surface area contributed by atoms with Gasteiger partial charge in [-0.3, -0.25) is 4.79 Å². The molecule has 3 heteroatoms. The van der Waals surface area contributed by atoms with Crippen LogP contribution in [0.4, 0.5) is 0 Å². The van der Waals surface area contributed by atoms with Crippen molar-refractivity contribution in [3.63, 3.8) is 0 Å². The number of fused-ring (bicyclic) bond motifs is 2. The molecule has 0 saturated heterocycles. The second kappa shape index (κ2) is 3.63. The maximum Gasteiger partial charge on any atom is 0.197 e. The van der Waals surface area contributed by atoms with Crippen molar-refractivity contribution in [3.05, 3.63) is 58.8 Å². The zero-order chi connectivity index (χ0) is 11.8. The summed E-state index contributed by atoms with van der Waals surface area (Å²) in [7, 11) is 1.60. The Morgan fingerprint density at radius 1 is 0.882 bits per heavy atom. The van der Waals surface area contributed by atoms with E-state index in [0.717, 1.165) is 11.0 Å². The fourth-order valence-electron chi connectivity index (χ4n) is 2.16. The number of benzene rings is 2. The van der Waals surface area contributed by atoms with Gasteiger partial charge in [-0.05, 0) is 24.3 Å². The third kappa shape index (κ3) is 1.32. The predicted octanol–water partition coefficient (Wildman–Crippen LogP) is 2.21. The molecule has 0 aliphatic carbocycles. The molecule has 0 aliphatic rings. The van der Waals surface area contributed by atoms with E-state index >= 15 is 0 Å². The lowest BCUT2D eigenvalue weighted by Crippen LogP contribution is -2.15. The van der Waals surface area contributed by atoms with E-state index in [1.807, 2.05) is 48.5 Å². The van der Waals surface area contributed by atoms with Crippen molar-refractivity contribution in [3.8, 4) is 0 Å². The van der Waals surface area contributed by atoms with Crippen molar-refractivity contribution in [2.75, 3.05) is 7.11 Å². The molecule has 0 bridgehead atoms. The highest BCUT2D eigenvalue weighted by Gasteiger charge is 2.09. The van der Waals surface area contributed by atoms with E-state index in [9.17, 15) is 4.79 Å². The molecule has 1 heterocycles. The van der Waals surface area contributed by atoms with Crippen LogP contribution in [0.3, 0.4) is 0 Å². The maximum absolute atomic E-state index is 12.3.